The molecule has 0 spiro atoms. The first-order valence-electron chi connectivity index (χ1n) is 10.7. The zero-order valence-corrected chi connectivity index (χ0v) is 18.3. The van der Waals surface area contributed by atoms with E-state index in [1.54, 1.807) is 12.1 Å². The average molecular weight is 427 g/mol. The summed E-state index contributed by atoms with van der Waals surface area (Å²) in [6, 6.07) is 22.7. The highest BCUT2D eigenvalue weighted by atomic mass is 16.2. The molecule has 0 aliphatic carbocycles. The summed E-state index contributed by atoms with van der Waals surface area (Å²) in [6.07, 6.45) is 0.518. The van der Waals surface area contributed by atoms with Gasteiger partial charge in [0.2, 0.25) is 5.91 Å². The van der Waals surface area contributed by atoms with Crippen LogP contribution in [0.1, 0.15) is 27.3 Å². The molecule has 32 heavy (non-hydrogen) atoms. The van der Waals surface area contributed by atoms with E-state index in [4.69, 9.17) is 4.98 Å². The summed E-state index contributed by atoms with van der Waals surface area (Å²) in [5.74, 6) is 0.515. The zero-order valence-electron chi connectivity index (χ0n) is 18.3. The Hall–Kier alpha value is -3.93. The second-order valence-corrected chi connectivity index (χ2v) is 7.82. The second kappa shape index (κ2) is 9.47. The minimum absolute atomic E-state index is 0.119. The predicted molar refractivity (Wildman–Crippen MR) is 127 cm³/mol. The SMILES string of the molecule is Cc1ccc(NC(=O)Cn2c(CCNC(=O)c3ccccc3)nc3ccccc32)cc1C. The van der Waals surface area contributed by atoms with Crippen molar-refractivity contribution in [2.24, 2.45) is 0 Å². The maximum absolute atomic E-state index is 12.8. The van der Waals surface area contributed by atoms with E-state index in [0.29, 0.717) is 18.5 Å². The molecule has 0 saturated carbocycles. The topological polar surface area (TPSA) is 76.0 Å². The zero-order chi connectivity index (χ0) is 22.5. The molecular weight excluding hydrogens is 400 g/mol. The van der Waals surface area contributed by atoms with Crippen molar-refractivity contribution in [3.05, 3.63) is 95.3 Å². The number of aryl methyl sites for hydroxylation is 2. The standard InChI is InChI=1S/C26H26N4O2/c1-18-12-13-21(16-19(18)2)28-25(31)17-30-23-11-7-6-10-22(23)29-24(30)14-15-27-26(32)20-8-4-3-5-9-20/h3-13,16H,14-15,17H2,1-2H3,(H,27,32)(H,28,31). The highest BCUT2D eigenvalue weighted by Gasteiger charge is 2.14. The summed E-state index contributed by atoms with van der Waals surface area (Å²) < 4.78 is 1.92. The molecular formula is C26H26N4O2. The Morgan fingerprint density at radius 2 is 1.66 bits per heavy atom. The van der Waals surface area contributed by atoms with Gasteiger partial charge < -0.3 is 15.2 Å². The number of aromatic nitrogens is 2. The number of rotatable bonds is 7. The van der Waals surface area contributed by atoms with E-state index in [0.717, 1.165) is 28.1 Å². The highest BCUT2D eigenvalue weighted by molar-refractivity contribution is 5.94. The first-order valence-corrected chi connectivity index (χ1v) is 10.7. The van der Waals surface area contributed by atoms with Crippen LogP contribution in [0.2, 0.25) is 0 Å². The molecule has 0 unspecified atom stereocenters. The Balaban J connectivity index is 1.48. The number of fused-ring (bicyclic) bond motifs is 1. The molecule has 2 amide bonds. The fourth-order valence-corrected chi connectivity index (χ4v) is 3.64. The quantitative estimate of drug-likeness (QED) is 0.464. The Labute approximate surface area is 187 Å². The molecule has 0 atom stereocenters. The number of nitrogens with one attached hydrogen (secondary N) is 2. The fourth-order valence-electron chi connectivity index (χ4n) is 3.64. The number of benzene rings is 3. The molecule has 6 nitrogen and oxygen atoms in total. The second-order valence-electron chi connectivity index (χ2n) is 7.82. The number of carbonyl (C=O) groups excluding carboxylic acids is 2. The molecule has 1 heterocycles. The van der Waals surface area contributed by atoms with Gasteiger partial charge in [-0.1, -0.05) is 36.4 Å². The largest absolute Gasteiger partial charge is 0.352 e. The minimum Gasteiger partial charge on any atom is -0.352 e. The van der Waals surface area contributed by atoms with Gasteiger partial charge in [0.05, 0.1) is 11.0 Å². The lowest BCUT2D eigenvalue weighted by Crippen LogP contribution is -2.27. The number of hydrogen-bond donors (Lipinski definition) is 2. The Morgan fingerprint density at radius 1 is 0.906 bits per heavy atom. The fraction of sp³-hybridized carbons (Fsp3) is 0.192. The molecule has 3 aromatic carbocycles. The monoisotopic (exact) mass is 426 g/mol. The third-order valence-electron chi connectivity index (χ3n) is 5.50. The third-order valence-corrected chi connectivity index (χ3v) is 5.50. The summed E-state index contributed by atoms with van der Waals surface area (Å²) in [5.41, 5.74) is 5.44. The van der Waals surface area contributed by atoms with Crippen LogP contribution in [0, 0.1) is 13.8 Å². The van der Waals surface area contributed by atoms with Crippen molar-refractivity contribution in [3.8, 4) is 0 Å². The molecule has 0 fully saturated rings. The summed E-state index contributed by atoms with van der Waals surface area (Å²) in [7, 11) is 0. The molecule has 2 N–H and O–H groups in total. The maximum Gasteiger partial charge on any atom is 0.251 e. The van der Waals surface area contributed by atoms with Crippen molar-refractivity contribution in [1.82, 2.24) is 14.9 Å². The lowest BCUT2D eigenvalue weighted by Gasteiger charge is -2.11. The normalized spacial score (nSPS) is 10.8. The number of nitrogens with zero attached hydrogens (tertiary/aromatic N) is 2. The molecule has 0 bridgehead atoms. The van der Waals surface area contributed by atoms with Crippen molar-refractivity contribution in [1.29, 1.82) is 0 Å². The van der Waals surface area contributed by atoms with Gasteiger partial charge in [0.25, 0.3) is 5.91 Å². The van der Waals surface area contributed by atoms with E-state index in [1.165, 1.54) is 5.56 Å². The van der Waals surface area contributed by atoms with Gasteiger partial charge in [-0.05, 0) is 61.4 Å². The summed E-state index contributed by atoms with van der Waals surface area (Å²) >= 11 is 0. The molecule has 1 aromatic heterocycles. The van der Waals surface area contributed by atoms with Gasteiger partial charge >= 0.3 is 0 Å². The molecule has 0 radical (unpaired) electrons. The van der Waals surface area contributed by atoms with Crippen LogP contribution < -0.4 is 10.6 Å². The molecule has 6 heteroatoms. The summed E-state index contributed by atoms with van der Waals surface area (Å²) in [4.78, 5) is 29.8. The van der Waals surface area contributed by atoms with Gasteiger partial charge in [-0.15, -0.1) is 0 Å². The first-order chi connectivity index (χ1) is 15.5. The maximum atomic E-state index is 12.8. The lowest BCUT2D eigenvalue weighted by atomic mass is 10.1. The summed E-state index contributed by atoms with van der Waals surface area (Å²) in [6.45, 7) is 4.64. The third kappa shape index (κ3) is 4.86. The lowest BCUT2D eigenvalue weighted by molar-refractivity contribution is -0.116. The molecule has 162 valence electrons. The summed E-state index contributed by atoms with van der Waals surface area (Å²) in [5, 5.41) is 5.91. The number of carbonyl (C=O) groups is 2. The predicted octanol–water partition coefficient (Wildman–Crippen LogP) is 4.26. The number of imidazole rings is 1. The number of amides is 2. The molecule has 0 aliphatic heterocycles. The minimum atomic E-state index is -0.124. The first kappa shape index (κ1) is 21.3. The van der Waals surface area contributed by atoms with E-state index in [9.17, 15) is 9.59 Å². The van der Waals surface area contributed by atoms with Gasteiger partial charge in [0.1, 0.15) is 12.4 Å². The van der Waals surface area contributed by atoms with E-state index in [2.05, 4.69) is 10.6 Å². The van der Waals surface area contributed by atoms with Gasteiger partial charge in [-0.2, -0.15) is 0 Å². The molecule has 4 aromatic rings. The van der Waals surface area contributed by atoms with Crippen LogP contribution in [0.15, 0.2) is 72.8 Å². The molecule has 0 saturated heterocycles. The Bertz CT molecular complexity index is 1260. The molecule has 0 aliphatic rings. The van der Waals surface area contributed by atoms with E-state index in [-0.39, 0.29) is 18.4 Å². The van der Waals surface area contributed by atoms with Crippen LogP contribution >= 0.6 is 0 Å². The van der Waals surface area contributed by atoms with Crippen molar-refractivity contribution in [3.63, 3.8) is 0 Å². The van der Waals surface area contributed by atoms with Gasteiger partial charge in [0.15, 0.2) is 0 Å². The van der Waals surface area contributed by atoms with E-state index < -0.39 is 0 Å². The van der Waals surface area contributed by atoms with Crippen LogP contribution in [0.5, 0.6) is 0 Å². The molecule has 4 rings (SSSR count). The van der Waals surface area contributed by atoms with Gasteiger partial charge in [0, 0.05) is 24.2 Å². The Morgan fingerprint density at radius 3 is 2.44 bits per heavy atom. The van der Waals surface area contributed by atoms with Crippen molar-refractivity contribution in [2.75, 3.05) is 11.9 Å². The number of para-hydroxylation sites is 2. The van der Waals surface area contributed by atoms with E-state index >= 15 is 0 Å². The number of hydrogen-bond acceptors (Lipinski definition) is 3. The van der Waals surface area contributed by atoms with Crippen LogP contribution in [0.4, 0.5) is 5.69 Å². The van der Waals surface area contributed by atoms with Crippen LogP contribution in [0.3, 0.4) is 0 Å². The van der Waals surface area contributed by atoms with Crippen LogP contribution in [-0.4, -0.2) is 27.9 Å². The van der Waals surface area contributed by atoms with Gasteiger partial charge in [-0.3, -0.25) is 9.59 Å². The van der Waals surface area contributed by atoms with Crippen LogP contribution in [-0.2, 0) is 17.8 Å². The number of anilines is 1. The van der Waals surface area contributed by atoms with Crippen LogP contribution in [0.25, 0.3) is 11.0 Å². The van der Waals surface area contributed by atoms with Gasteiger partial charge in [-0.25, -0.2) is 4.98 Å². The van der Waals surface area contributed by atoms with Crippen molar-refractivity contribution < 1.29 is 9.59 Å². The van der Waals surface area contributed by atoms with Crippen molar-refractivity contribution in [2.45, 2.75) is 26.8 Å². The van der Waals surface area contributed by atoms with Crippen molar-refractivity contribution >= 4 is 28.5 Å². The van der Waals surface area contributed by atoms with E-state index in [1.807, 2.05) is 79.1 Å². The smallest absolute Gasteiger partial charge is 0.251 e. The Kier molecular flexibility index (Phi) is 6.31. The highest BCUT2D eigenvalue weighted by Crippen LogP contribution is 2.18. The average Bonchev–Trinajstić information content (AvgIpc) is 3.14.